The number of carbonyl (C=O) groups is 1. The van der Waals surface area contributed by atoms with Crippen LogP contribution in [-0.4, -0.2) is 49.9 Å². The summed E-state index contributed by atoms with van der Waals surface area (Å²) in [6.45, 7) is 1.95. The van der Waals surface area contributed by atoms with Crippen molar-refractivity contribution in [1.82, 2.24) is 19.9 Å². The first kappa shape index (κ1) is 28.3. The molecule has 3 heterocycles. The number of amides is 1. The van der Waals surface area contributed by atoms with E-state index in [-0.39, 0.29) is 17.2 Å². The van der Waals surface area contributed by atoms with Gasteiger partial charge in [0, 0.05) is 28.1 Å². The van der Waals surface area contributed by atoms with Crippen molar-refractivity contribution in [3.05, 3.63) is 65.6 Å². The summed E-state index contributed by atoms with van der Waals surface area (Å²) >= 11 is 7.52. The quantitative estimate of drug-likeness (QED) is 0.196. The number of anilines is 1. The summed E-state index contributed by atoms with van der Waals surface area (Å²) in [6.07, 6.45) is 1.96. The second kappa shape index (κ2) is 11.3. The third-order valence-electron chi connectivity index (χ3n) is 6.27. The Balaban J connectivity index is 1.45. The van der Waals surface area contributed by atoms with Crippen molar-refractivity contribution >= 4 is 55.8 Å². The number of hydrogen-bond donors (Lipinski definition) is 1. The molecule has 0 unspecified atom stereocenters. The number of rotatable bonds is 8. The summed E-state index contributed by atoms with van der Waals surface area (Å²) in [5.74, 6) is -0.395. The zero-order valence-corrected chi connectivity index (χ0v) is 23.3. The molecular weight excluding hydrogens is 583 g/mol. The van der Waals surface area contributed by atoms with Crippen LogP contribution < -0.4 is 14.4 Å². The van der Waals surface area contributed by atoms with Crippen molar-refractivity contribution in [1.29, 1.82) is 0 Å². The second-order valence-corrected chi connectivity index (χ2v) is 10.5. The van der Waals surface area contributed by atoms with Gasteiger partial charge in [-0.3, -0.25) is 9.88 Å². The fourth-order valence-electron chi connectivity index (χ4n) is 4.20. The largest absolute Gasteiger partial charge is 0.485 e. The van der Waals surface area contributed by atoms with E-state index in [1.807, 2.05) is 0 Å². The van der Waals surface area contributed by atoms with E-state index < -0.39 is 30.7 Å². The number of benzene rings is 2. The first-order valence-corrected chi connectivity index (χ1v) is 13.3. The molecule has 9 nitrogen and oxygen atoms in total. The van der Waals surface area contributed by atoms with Crippen LogP contribution in [0.5, 0.6) is 11.5 Å². The number of carboxylic acid groups (broad SMARTS) is 1. The molecule has 212 valence electrons. The standard InChI is InChI=1S/C27H21ClF3N5O4S/c1-12(36(27(37)38)17-9-32-14(3)33-10-17)13(2)39-22-8-23-21(7-20(22)29)35-25(41-23)19-6-16(28)4-15-5-18(40-26(30)31)11-34-24(15)19/h4-13,26H,1-3H3,(H,37,38)/t12-,13+/m1/s1. The van der Waals surface area contributed by atoms with E-state index in [1.165, 1.54) is 48.1 Å². The van der Waals surface area contributed by atoms with Crippen LogP contribution in [0.15, 0.2) is 48.9 Å². The zero-order chi connectivity index (χ0) is 29.4. The lowest BCUT2D eigenvalue weighted by molar-refractivity contribution is -0.0499. The minimum atomic E-state index is -3.00. The van der Waals surface area contributed by atoms with E-state index >= 15 is 4.39 Å². The number of pyridine rings is 1. The molecule has 0 saturated carbocycles. The van der Waals surface area contributed by atoms with Crippen LogP contribution in [0, 0.1) is 12.7 Å². The van der Waals surface area contributed by atoms with Crippen molar-refractivity contribution in [3.63, 3.8) is 0 Å². The van der Waals surface area contributed by atoms with E-state index in [0.717, 1.165) is 4.90 Å². The van der Waals surface area contributed by atoms with Crippen molar-refractivity contribution in [2.75, 3.05) is 4.90 Å². The summed E-state index contributed by atoms with van der Waals surface area (Å²) in [5.41, 5.74) is 1.58. The van der Waals surface area contributed by atoms with Gasteiger partial charge in [-0.1, -0.05) is 11.6 Å². The molecule has 0 aliphatic carbocycles. The highest BCUT2D eigenvalue weighted by atomic mass is 35.5. The fraction of sp³-hybridized carbons (Fsp3) is 0.222. The van der Waals surface area contributed by atoms with Gasteiger partial charge >= 0.3 is 12.7 Å². The predicted molar refractivity (Wildman–Crippen MR) is 149 cm³/mol. The number of ether oxygens (including phenoxy) is 2. The molecule has 5 rings (SSSR count). The van der Waals surface area contributed by atoms with E-state index in [0.29, 0.717) is 42.5 Å². The minimum absolute atomic E-state index is 0.0830. The number of halogens is 4. The lowest BCUT2D eigenvalue weighted by atomic mass is 10.1. The van der Waals surface area contributed by atoms with Gasteiger partial charge in [-0.05, 0) is 39.0 Å². The van der Waals surface area contributed by atoms with E-state index in [9.17, 15) is 18.7 Å². The highest BCUT2D eigenvalue weighted by Gasteiger charge is 2.29. The first-order chi connectivity index (χ1) is 19.5. The zero-order valence-electron chi connectivity index (χ0n) is 21.7. The lowest BCUT2D eigenvalue weighted by Gasteiger charge is -2.30. The maximum absolute atomic E-state index is 15.1. The molecule has 0 bridgehead atoms. The molecule has 3 aromatic heterocycles. The lowest BCUT2D eigenvalue weighted by Crippen LogP contribution is -2.46. The smallest absolute Gasteiger partial charge is 0.412 e. The molecule has 2 aromatic carbocycles. The van der Waals surface area contributed by atoms with Crippen LogP contribution >= 0.6 is 22.9 Å². The van der Waals surface area contributed by atoms with Crippen molar-refractivity contribution < 1.29 is 32.5 Å². The SMILES string of the molecule is Cc1ncc(N(C(=O)O)[C@H](C)[C@H](C)Oc2cc3sc(-c4cc(Cl)cc5cc(OC(F)F)cnc45)nc3cc2F)cn1. The molecular formula is C27H21ClF3N5O4S. The summed E-state index contributed by atoms with van der Waals surface area (Å²) < 4.78 is 51.4. The van der Waals surface area contributed by atoms with Crippen molar-refractivity contribution in [2.45, 2.75) is 39.5 Å². The van der Waals surface area contributed by atoms with Gasteiger partial charge < -0.3 is 14.6 Å². The van der Waals surface area contributed by atoms with Crippen LogP contribution in [0.2, 0.25) is 5.02 Å². The summed E-state index contributed by atoms with van der Waals surface area (Å²) in [4.78, 5) is 30.0. The highest BCUT2D eigenvalue weighted by molar-refractivity contribution is 7.21. The van der Waals surface area contributed by atoms with Gasteiger partial charge in [0.1, 0.15) is 22.7 Å². The van der Waals surface area contributed by atoms with Crippen molar-refractivity contribution in [2.24, 2.45) is 0 Å². The van der Waals surface area contributed by atoms with Gasteiger partial charge in [0.15, 0.2) is 11.6 Å². The average molecular weight is 604 g/mol. The molecule has 0 saturated heterocycles. The number of nitrogens with zero attached hydrogens (tertiary/aromatic N) is 5. The molecule has 0 spiro atoms. The first-order valence-electron chi connectivity index (χ1n) is 12.1. The number of thiazole rings is 1. The van der Waals surface area contributed by atoms with E-state index in [4.69, 9.17) is 16.3 Å². The second-order valence-electron chi connectivity index (χ2n) is 9.05. The summed E-state index contributed by atoms with van der Waals surface area (Å²) in [5, 5.41) is 11.1. The normalized spacial score (nSPS) is 13.0. The molecule has 1 amide bonds. The van der Waals surface area contributed by atoms with Gasteiger partial charge in [-0.25, -0.2) is 24.1 Å². The highest BCUT2D eigenvalue weighted by Crippen LogP contribution is 2.38. The van der Waals surface area contributed by atoms with Gasteiger partial charge in [0.2, 0.25) is 0 Å². The van der Waals surface area contributed by atoms with Crippen LogP contribution in [0.3, 0.4) is 0 Å². The van der Waals surface area contributed by atoms with Crippen LogP contribution in [0.1, 0.15) is 19.7 Å². The van der Waals surface area contributed by atoms with Crippen LogP contribution in [-0.2, 0) is 0 Å². The molecule has 2 atom stereocenters. The summed E-state index contributed by atoms with van der Waals surface area (Å²) in [7, 11) is 0. The van der Waals surface area contributed by atoms with Crippen molar-refractivity contribution in [3.8, 4) is 22.1 Å². The number of alkyl halides is 2. The van der Waals surface area contributed by atoms with Gasteiger partial charge in [-0.2, -0.15) is 8.78 Å². The minimum Gasteiger partial charge on any atom is -0.485 e. The topological polar surface area (TPSA) is 111 Å². The molecule has 1 N–H and O–H groups in total. The fourth-order valence-corrected chi connectivity index (χ4v) is 5.42. The predicted octanol–water partition coefficient (Wildman–Crippen LogP) is 7.34. The molecule has 14 heteroatoms. The molecule has 0 fully saturated rings. The van der Waals surface area contributed by atoms with Gasteiger partial charge in [0.25, 0.3) is 0 Å². The Morgan fingerprint density at radius 1 is 1.05 bits per heavy atom. The maximum Gasteiger partial charge on any atom is 0.412 e. The number of aryl methyl sites for hydroxylation is 1. The van der Waals surface area contributed by atoms with Gasteiger partial charge in [-0.15, -0.1) is 11.3 Å². The summed E-state index contributed by atoms with van der Waals surface area (Å²) in [6, 6.07) is 6.58. The number of hydrogen-bond acceptors (Lipinski definition) is 8. The Morgan fingerprint density at radius 3 is 2.46 bits per heavy atom. The van der Waals surface area contributed by atoms with E-state index in [1.54, 1.807) is 32.9 Å². The maximum atomic E-state index is 15.1. The molecule has 0 aliphatic heterocycles. The van der Waals surface area contributed by atoms with Crippen LogP contribution in [0.4, 0.5) is 23.7 Å². The van der Waals surface area contributed by atoms with Gasteiger partial charge in [0.05, 0.1) is 46.1 Å². The third kappa shape index (κ3) is 5.95. The van der Waals surface area contributed by atoms with Crippen LogP contribution in [0.25, 0.3) is 31.7 Å². The molecule has 0 aliphatic rings. The average Bonchev–Trinajstić information content (AvgIpc) is 3.31. The Morgan fingerprint density at radius 2 is 1.78 bits per heavy atom. The molecule has 41 heavy (non-hydrogen) atoms. The Bertz CT molecular complexity index is 1760. The monoisotopic (exact) mass is 603 g/mol. The Labute approximate surface area is 240 Å². The Hall–Kier alpha value is -4.23. The third-order valence-corrected chi connectivity index (χ3v) is 7.54. The van der Waals surface area contributed by atoms with E-state index in [2.05, 4.69) is 24.7 Å². The number of fused-ring (bicyclic) bond motifs is 2. The molecule has 0 radical (unpaired) electrons. The Kier molecular flexibility index (Phi) is 7.82. The number of aromatic nitrogens is 4. The molecule has 5 aromatic rings.